The number of aromatic nitrogens is 1. The lowest BCUT2D eigenvalue weighted by Gasteiger charge is -2.00. The van der Waals surface area contributed by atoms with E-state index in [1.54, 1.807) is 12.4 Å². The lowest BCUT2D eigenvalue weighted by Crippen LogP contribution is -2.44. The monoisotopic (exact) mass is 360 g/mol. The Kier molecular flexibility index (Phi) is 14.5. The third kappa shape index (κ3) is 13.6. The number of pyridine rings is 1. The summed E-state index contributed by atoms with van der Waals surface area (Å²) >= 11 is 0. The van der Waals surface area contributed by atoms with Gasteiger partial charge in [-0.25, -0.2) is 4.79 Å². The van der Waals surface area contributed by atoms with Gasteiger partial charge in [0.1, 0.15) is 0 Å². The lowest BCUT2D eigenvalue weighted by atomic mass is 10.1. The van der Waals surface area contributed by atoms with Crippen LogP contribution in [0.5, 0.6) is 0 Å². The first kappa shape index (κ1) is 22.4. The molecule has 0 N–H and O–H groups in total. The molecule has 0 aromatic carbocycles. The molecule has 0 bridgehead atoms. The summed E-state index contributed by atoms with van der Waals surface area (Å²) in [5, 5.41) is 0. The van der Waals surface area contributed by atoms with Crippen molar-refractivity contribution < 1.29 is 14.4 Å². The van der Waals surface area contributed by atoms with E-state index in [9.17, 15) is 4.79 Å². The van der Waals surface area contributed by atoms with E-state index < -0.39 is 0 Å². The van der Waals surface area contributed by atoms with Gasteiger partial charge >= 0.3 is 5.97 Å². The second-order valence-electron chi connectivity index (χ2n) is 7.03. The van der Waals surface area contributed by atoms with Crippen LogP contribution >= 0.6 is 0 Å². The van der Waals surface area contributed by atoms with E-state index in [1.807, 2.05) is 18.2 Å². The third-order valence-electron chi connectivity index (χ3n) is 4.54. The quantitative estimate of drug-likeness (QED) is 0.207. The van der Waals surface area contributed by atoms with Crippen molar-refractivity contribution in [1.82, 2.24) is 0 Å². The Hall–Kier alpha value is -1.64. The van der Waals surface area contributed by atoms with Gasteiger partial charge in [-0.05, 0) is 32.1 Å². The largest absolute Gasteiger partial charge is 0.380 e. The summed E-state index contributed by atoms with van der Waals surface area (Å²) < 4.78 is 1.46. The molecule has 3 heteroatoms. The molecule has 0 aliphatic heterocycles. The second-order valence-corrected chi connectivity index (χ2v) is 7.03. The van der Waals surface area contributed by atoms with Crippen molar-refractivity contribution in [3.63, 3.8) is 0 Å². The van der Waals surface area contributed by atoms with Crippen LogP contribution in [0.4, 0.5) is 0 Å². The van der Waals surface area contributed by atoms with Gasteiger partial charge in [0.25, 0.3) is 0 Å². The van der Waals surface area contributed by atoms with Crippen molar-refractivity contribution >= 4 is 5.97 Å². The molecule has 1 rings (SSSR count). The van der Waals surface area contributed by atoms with Gasteiger partial charge in [0, 0.05) is 16.9 Å². The SMILES string of the molecule is CCCCCCCC/C=C\CCCCCCCC(=O)O[n+]1ccccc1. The molecule has 0 aliphatic rings. The summed E-state index contributed by atoms with van der Waals surface area (Å²) in [4.78, 5) is 16.9. The van der Waals surface area contributed by atoms with Crippen molar-refractivity contribution in [2.45, 2.75) is 96.8 Å². The number of carbonyl (C=O) groups excluding carboxylic acids is 1. The Morgan fingerprint density at radius 3 is 1.92 bits per heavy atom. The first-order chi connectivity index (χ1) is 12.8. The average Bonchev–Trinajstić information content (AvgIpc) is 2.65. The van der Waals surface area contributed by atoms with Gasteiger partial charge in [0.15, 0.2) is 0 Å². The van der Waals surface area contributed by atoms with Crippen molar-refractivity contribution in [3.05, 3.63) is 42.7 Å². The predicted octanol–water partition coefficient (Wildman–Crippen LogP) is 5.97. The zero-order chi connectivity index (χ0) is 18.7. The van der Waals surface area contributed by atoms with Gasteiger partial charge in [-0.3, -0.25) is 0 Å². The van der Waals surface area contributed by atoms with Gasteiger partial charge < -0.3 is 0 Å². The first-order valence-corrected chi connectivity index (χ1v) is 10.7. The third-order valence-corrected chi connectivity index (χ3v) is 4.54. The van der Waals surface area contributed by atoms with Crippen LogP contribution in [0.15, 0.2) is 42.7 Å². The molecule has 3 nitrogen and oxygen atoms in total. The number of carbonyl (C=O) groups is 1. The minimum atomic E-state index is -0.154. The number of nitrogens with zero attached hydrogens (tertiary/aromatic N) is 1. The van der Waals surface area contributed by atoms with Gasteiger partial charge in [0.05, 0.1) is 6.42 Å². The molecule has 0 saturated heterocycles. The van der Waals surface area contributed by atoms with Crippen molar-refractivity contribution in [2.24, 2.45) is 0 Å². The molecule has 0 saturated carbocycles. The van der Waals surface area contributed by atoms with Crippen LogP contribution in [-0.4, -0.2) is 5.97 Å². The smallest absolute Gasteiger partial charge is 0.245 e. The number of allylic oxidation sites excluding steroid dienone is 2. The highest BCUT2D eigenvalue weighted by molar-refractivity contribution is 5.68. The molecule has 0 atom stereocenters. The molecule has 0 unspecified atom stereocenters. The summed E-state index contributed by atoms with van der Waals surface area (Å²) in [6.07, 6.45) is 25.1. The maximum absolute atomic E-state index is 11.7. The van der Waals surface area contributed by atoms with Gasteiger partial charge in [0.2, 0.25) is 12.4 Å². The Morgan fingerprint density at radius 1 is 0.769 bits per heavy atom. The van der Waals surface area contributed by atoms with E-state index in [4.69, 9.17) is 4.84 Å². The van der Waals surface area contributed by atoms with E-state index >= 15 is 0 Å². The molecule has 0 aliphatic carbocycles. The fourth-order valence-corrected chi connectivity index (χ4v) is 2.95. The number of hydrogen-bond donors (Lipinski definition) is 0. The second kappa shape index (κ2) is 16.8. The summed E-state index contributed by atoms with van der Waals surface area (Å²) in [5.74, 6) is -0.154. The Morgan fingerprint density at radius 2 is 1.31 bits per heavy atom. The summed E-state index contributed by atoms with van der Waals surface area (Å²) in [6, 6.07) is 5.58. The van der Waals surface area contributed by atoms with E-state index in [1.165, 1.54) is 75.4 Å². The normalized spacial score (nSPS) is 11.1. The number of rotatable bonds is 16. The molecule has 0 spiro atoms. The Bertz CT molecular complexity index is 470. The molecule has 1 aromatic rings. The van der Waals surface area contributed by atoms with Crippen LogP contribution < -0.4 is 9.57 Å². The van der Waals surface area contributed by atoms with E-state index in [-0.39, 0.29) is 5.97 Å². The van der Waals surface area contributed by atoms with Crippen molar-refractivity contribution in [2.75, 3.05) is 0 Å². The molecule has 1 heterocycles. The molecule has 0 radical (unpaired) electrons. The van der Waals surface area contributed by atoms with Crippen LogP contribution in [0.25, 0.3) is 0 Å². The van der Waals surface area contributed by atoms with Gasteiger partial charge in [-0.15, -0.1) is 0 Å². The van der Waals surface area contributed by atoms with E-state index in [0.717, 1.165) is 12.8 Å². The Labute approximate surface area is 160 Å². The average molecular weight is 361 g/mol. The fraction of sp³-hybridized carbons (Fsp3) is 0.652. The topological polar surface area (TPSA) is 30.2 Å². The van der Waals surface area contributed by atoms with Crippen molar-refractivity contribution in [1.29, 1.82) is 0 Å². The van der Waals surface area contributed by atoms with Crippen molar-refractivity contribution in [3.8, 4) is 0 Å². The minimum Gasteiger partial charge on any atom is -0.245 e. The fourth-order valence-electron chi connectivity index (χ4n) is 2.95. The zero-order valence-corrected chi connectivity index (χ0v) is 16.7. The number of hydrogen-bond acceptors (Lipinski definition) is 2. The summed E-state index contributed by atoms with van der Waals surface area (Å²) in [6.45, 7) is 2.27. The maximum atomic E-state index is 11.7. The van der Waals surface area contributed by atoms with Crippen LogP contribution in [-0.2, 0) is 4.79 Å². The highest BCUT2D eigenvalue weighted by Crippen LogP contribution is 2.09. The van der Waals surface area contributed by atoms with E-state index in [2.05, 4.69) is 19.1 Å². The lowest BCUT2D eigenvalue weighted by molar-refractivity contribution is -0.869. The molecule has 0 fully saturated rings. The predicted molar refractivity (Wildman–Crippen MR) is 108 cm³/mol. The maximum Gasteiger partial charge on any atom is 0.380 e. The van der Waals surface area contributed by atoms with Crippen LogP contribution in [0.2, 0.25) is 0 Å². The van der Waals surface area contributed by atoms with Crippen LogP contribution in [0.3, 0.4) is 0 Å². The molecule has 0 amide bonds. The standard InChI is InChI=1S/C23H38NO2/c1-2-3-4-5-6-7-8-9-10-11-12-13-14-15-17-20-23(25)26-24-21-18-16-19-22-24/h9-10,16,18-19,21-22H,2-8,11-15,17,20H2,1H3/q+1/b10-9-. The highest BCUT2D eigenvalue weighted by Gasteiger charge is 2.09. The highest BCUT2D eigenvalue weighted by atomic mass is 16.7. The van der Waals surface area contributed by atoms with Gasteiger partial charge in [-0.2, -0.15) is 4.84 Å². The first-order valence-electron chi connectivity index (χ1n) is 10.7. The number of unbranched alkanes of at least 4 members (excludes halogenated alkanes) is 11. The molecule has 1 aromatic heterocycles. The molecular formula is C23H38NO2+. The Balaban J connectivity index is 1.83. The zero-order valence-electron chi connectivity index (χ0n) is 16.7. The summed E-state index contributed by atoms with van der Waals surface area (Å²) in [5.41, 5.74) is 0. The molecule has 146 valence electrons. The molecular weight excluding hydrogens is 322 g/mol. The minimum absolute atomic E-state index is 0.154. The van der Waals surface area contributed by atoms with Crippen LogP contribution in [0, 0.1) is 0 Å². The summed E-state index contributed by atoms with van der Waals surface area (Å²) in [7, 11) is 0. The van der Waals surface area contributed by atoms with Gasteiger partial charge in [-0.1, -0.05) is 76.5 Å². The van der Waals surface area contributed by atoms with Crippen LogP contribution in [0.1, 0.15) is 96.8 Å². The molecule has 26 heavy (non-hydrogen) atoms. The van der Waals surface area contributed by atoms with E-state index in [0.29, 0.717) is 6.42 Å².